The molecule has 2 heterocycles. The molecular weight excluding hydrogens is 316 g/mol. The van der Waals surface area contributed by atoms with Gasteiger partial charge in [0.05, 0.1) is 0 Å². The van der Waals surface area contributed by atoms with Crippen LogP contribution >= 0.6 is 11.3 Å². The molecule has 0 bridgehead atoms. The van der Waals surface area contributed by atoms with Crippen molar-refractivity contribution in [2.75, 3.05) is 31.1 Å². The molecule has 2 aromatic rings. The fourth-order valence-corrected chi connectivity index (χ4v) is 5.55. The van der Waals surface area contributed by atoms with Crippen molar-refractivity contribution in [3.63, 3.8) is 0 Å². The summed E-state index contributed by atoms with van der Waals surface area (Å²) in [5.74, 6) is 0. The quantitative estimate of drug-likeness (QED) is 0.865. The highest BCUT2D eigenvalue weighted by atomic mass is 32.2. The van der Waals surface area contributed by atoms with Gasteiger partial charge in [-0.2, -0.15) is 4.31 Å². The zero-order chi connectivity index (χ0) is 15.7. The van der Waals surface area contributed by atoms with Crippen molar-refractivity contribution in [3.8, 4) is 0 Å². The largest absolute Gasteiger partial charge is 0.369 e. The zero-order valence-electron chi connectivity index (χ0n) is 12.8. The lowest BCUT2D eigenvalue weighted by molar-refractivity contribution is 0.386. The maximum Gasteiger partial charge on any atom is 0.252 e. The summed E-state index contributed by atoms with van der Waals surface area (Å²) in [6, 6.07) is 11.9. The first kappa shape index (κ1) is 15.5. The summed E-state index contributed by atoms with van der Waals surface area (Å²) < 4.78 is 27.3. The molecule has 0 N–H and O–H groups in total. The molecule has 1 aromatic carbocycles. The minimum absolute atomic E-state index is 0.453. The smallest absolute Gasteiger partial charge is 0.252 e. The second kappa shape index (κ2) is 6.02. The molecule has 1 saturated heterocycles. The van der Waals surface area contributed by atoms with E-state index in [-0.39, 0.29) is 0 Å². The van der Waals surface area contributed by atoms with E-state index in [0.717, 1.165) is 18.0 Å². The summed E-state index contributed by atoms with van der Waals surface area (Å²) in [6.45, 7) is 6.53. The highest BCUT2D eigenvalue weighted by molar-refractivity contribution is 7.91. The van der Waals surface area contributed by atoms with E-state index in [2.05, 4.69) is 30.0 Å². The molecule has 0 aliphatic carbocycles. The van der Waals surface area contributed by atoms with E-state index >= 15 is 0 Å². The molecule has 0 spiro atoms. The number of aryl methyl sites for hydroxylation is 2. The molecule has 0 unspecified atom stereocenters. The Labute approximate surface area is 136 Å². The molecule has 22 heavy (non-hydrogen) atoms. The number of hydrogen-bond donors (Lipinski definition) is 0. The lowest BCUT2D eigenvalue weighted by Crippen LogP contribution is -2.48. The van der Waals surface area contributed by atoms with Gasteiger partial charge < -0.3 is 4.90 Å². The number of sulfonamides is 1. The van der Waals surface area contributed by atoms with E-state index in [0.29, 0.717) is 17.3 Å². The van der Waals surface area contributed by atoms with Gasteiger partial charge in [0.1, 0.15) is 4.21 Å². The minimum atomic E-state index is -3.33. The molecular formula is C16H20N2O2S2. The minimum Gasteiger partial charge on any atom is -0.369 e. The SMILES string of the molecule is Cc1cccc(N2CCN(S(=O)(=O)c3ccc(C)s3)CC2)c1. The number of rotatable bonds is 3. The highest BCUT2D eigenvalue weighted by Gasteiger charge is 2.29. The van der Waals surface area contributed by atoms with Gasteiger partial charge in [-0.1, -0.05) is 12.1 Å². The van der Waals surface area contributed by atoms with E-state index in [9.17, 15) is 8.42 Å². The van der Waals surface area contributed by atoms with Crippen LogP contribution < -0.4 is 4.90 Å². The molecule has 3 rings (SSSR count). The fraction of sp³-hybridized carbons (Fsp3) is 0.375. The average molecular weight is 336 g/mol. The predicted molar refractivity (Wildman–Crippen MR) is 91.2 cm³/mol. The molecule has 6 heteroatoms. The lowest BCUT2D eigenvalue weighted by Gasteiger charge is -2.35. The van der Waals surface area contributed by atoms with Crippen LogP contribution in [0.25, 0.3) is 0 Å². The molecule has 0 amide bonds. The predicted octanol–water partition coefficient (Wildman–Crippen LogP) is 2.88. The van der Waals surface area contributed by atoms with Gasteiger partial charge >= 0.3 is 0 Å². The Morgan fingerprint density at radius 2 is 1.73 bits per heavy atom. The summed E-state index contributed by atoms with van der Waals surface area (Å²) in [7, 11) is -3.33. The topological polar surface area (TPSA) is 40.6 Å². The Bertz CT molecular complexity index is 760. The third-order valence-corrected chi connectivity index (χ3v) is 7.28. The highest BCUT2D eigenvalue weighted by Crippen LogP contribution is 2.26. The summed E-state index contributed by atoms with van der Waals surface area (Å²) in [5.41, 5.74) is 2.39. The molecule has 0 atom stereocenters. The maximum atomic E-state index is 12.6. The van der Waals surface area contributed by atoms with E-state index < -0.39 is 10.0 Å². The summed E-state index contributed by atoms with van der Waals surface area (Å²) in [5, 5.41) is 0. The Morgan fingerprint density at radius 3 is 2.32 bits per heavy atom. The molecule has 1 fully saturated rings. The van der Waals surface area contributed by atoms with Crippen LogP contribution in [0.15, 0.2) is 40.6 Å². The number of hydrogen-bond acceptors (Lipinski definition) is 4. The second-order valence-electron chi connectivity index (χ2n) is 5.60. The monoisotopic (exact) mass is 336 g/mol. The van der Waals surface area contributed by atoms with Crippen molar-refractivity contribution in [2.24, 2.45) is 0 Å². The van der Waals surface area contributed by atoms with Crippen molar-refractivity contribution in [3.05, 3.63) is 46.8 Å². The number of benzene rings is 1. The Kier molecular flexibility index (Phi) is 4.25. The number of anilines is 1. The molecule has 118 valence electrons. The van der Waals surface area contributed by atoms with Crippen molar-refractivity contribution in [2.45, 2.75) is 18.1 Å². The van der Waals surface area contributed by atoms with Crippen LogP contribution in [0.1, 0.15) is 10.4 Å². The van der Waals surface area contributed by atoms with Crippen molar-refractivity contribution < 1.29 is 8.42 Å². The van der Waals surface area contributed by atoms with E-state index in [1.807, 2.05) is 19.1 Å². The normalized spacial score (nSPS) is 16.9. The summed E-state index contributed by atoms with van der Waals surface area (Å²) >= 11 is 1.34. The van der Waals surface area contributed by atoms with Crippen LogP contribution in [0.2, 0.25) is 0 Å². The van der Waals surface area contributed by atoms with Gasteiger partial charge in [0.15, 0.2) is 0 Å². The molecule has 1 aliphatic rings. The van der Waals surface area contributed by atoms with E-state index in [1.54, 1.807) is 10.4 Å². The second-order valence-corrected chi connectivity index (χ2v) is 9.05. The van der Waals surface area contributed by atoms with Crippen molar-refractivity contribution in [1.82, 2.24) is 4.31 Å². The molecule has 0 saturated carbocycles. The van der Waals surface area contributed by atoms with Crippen LogP contribution in [-0.2, 0) is 10.0 Å². The third-order valence-electron chi connectivity index (χ3n) is 3.92. The number of thiophene rings is 1. The number of nitrogens with zero attached hydrogens (tertiary/aromatic N) is 2. The van der Waals surface area contributed by atoms with E-state index in [1.165, 1.54) is 22.6 Å². The van der Waals surface area contributed by atoms with Crippen LogP contribution in [0.5, 0.6) is 0 Å². The first-order chi connectivity index (χ1) is 10.5. The fourth-order valence-electron chi connectivity index (χ4n) is 2.69. The Morgan fingerprint density at radius 1 is 1.00 bits per heavy atom. The van der Waals surface area contributed by atoms with Gasteiger partial charge in [-0.3, -0.25) is 0 Å². The van der Waals surface area contributed by atoms with Crippen LogP contribution in [0, 0.1) is 13.8 Å². The first-order valence-electron chi connectivity index (χ1n) is 7.35. The summed E-state index contributed by atoms with van der Waals surface area (Å²) in [6.07, 6.45) is 0. The van der Waals surface area contributed by atoms with Gasteiger partial charge in [0.2, 0.25) is 0 Å². The van der Waals surface area contributed by atoms with E-state index in [4.69, 9.17) is 0 Å². The third kappa shape index (κ3) is 3.04. The van der Waals surface area contributed by atoms with Crippen LogP contribution in [-0.4, -0.2) is 38.9 Å². The average Bonchev–Trinajstić information content (AvgIpc) is 2.95. The van der Waals surface area contributed by atoms with Crippen LogP contribution in [0.4, 0.5) is 5.69 Å². The maximum absolute atomic E-state index is 12.6. The Hall–Kier alpha value is -1.37. The van der Waals surface area contributed by atoms with Gasteiger partial charge in [-0.15, -0.1) is 11.3 Å². The van der Waals surface area contributed by atoms with Crippen molar-refractivity contribution >= 4 is 27.0 Å². The summed E-state index contributed by atoms with van der Waals surface area (Å²) in [4.78, 5) is 3.27. The molecule has 1 aliphatic heterocycles. The van der Waals surface area contributed by atoms with Gasteiger partial charge in [0, 0.05) is 36.7 Å². The van der Waals surface area contributed by atoms with Gasteiger partial charge in [-0.05, 0) is 43.7 Å². The first-order valence-corrected chi connectivity index (χ1v) is 9.61. The molecule has 1 aromatic heterocycles. The number of piperazine rings is 1. The van der Waals surface area contributed by atoms with Gasteiger partial charge in [-0.25, -0.2) is 8.42 Å². The Balaban J connectivity index is 1.72. The standard InChI is InChI=1S/C16H20N2O2S2/c1-13-4-3-5-15(12-13)17-8-10-18(11-9-17)22(19,20)16-7-6-14(2)21-16/h3-7,12H,8-11H2,1-2H3. The van der Waals surface area contributed by atoms with Gasteiger partial charge in [0.25, 0.3) is 10.0 Å². The lowest BCUT2D eigenvalue weighted by atomic mass is 10.2. The zero-order valence-corrected chi connectivity index (χ0v) is 14.5. The molecule has 4 nitrogen and oxygen atoms in total. The molecule has 0 radical (unpaired) electrons. The van der Waals surface area contributed by atoms with Crippen molar-refractivity contribution in [1.29, 1.82) is 0 Å². The van der Waals surface area contributed by atoms with Crippen LogP contribution in [0.3, 0.4) is 0 Å².